The molecule has 4 rings (SSSR count). The molecule has 3 aromatic rings. The lowest BCUT2D eigenvalue weighted by molar-refractivity contribution is -0.139. The van der Waals surface area contributed by atoms with Crippen molar-refractivity contribution >= 4 is 39.6 Å². The minimum absolute atomic E-state index is 0.0640. The second-order valence-corrected chi connectivity index (χ2v) is 9.15. The number of carbonyl (C=O) groups excluding carboxylic acids is 2. The molecule has 35 heavy (non-hydrogen) atoms. The number of carbonyl (C=O) groups is 3. The van der Waals surface area contributed by atoms with Crippen molar-refractivity contribution < 1.29 is 24.2 Å². The normalized spacial score (nSPS) is 12.9. The van der Waals surface area contributed by atoms with E-state index in [9.17, 15) is 19.5 Å². The number of fused-ring (bicyclic) bond motifs is 3. The monoisotopic (exact) mass is 536 g/mol. The van der Waals surface area contributed by atoms with Crippen LogP contribution in [0.5, 0.6) is 0 Å². The zero-order valence-corrected chi connectivity index (χ0v) is 20.7. The van der Waals surface area contributed by atoms with Crippen molar-refractivity contribution in [1.82, 2.24) is 5.32 Å². The number of amides is 2. The van der Waals surface area contributed by atoms with E-state index in [1.165, 1.54) is 6.07 Å². The fourth-order valence-corrected chi connectivity index (χ4v) is 4.74. The fraction of sp³-hybridized carbons (Fsp3) is 0.222. The van der Waals surface area contributed by atoms with Crippen LogP contribution >= 0.6 is 15.9 Å². The molecule has 0 aromatic heterocycles. The van der Waals surface area contributed by atoms with Gasteiger partial charge in [-0.05, 0) is 62.8 Å². The molecule has 1 aliphatic rings. The Labute approximate surface area is 211 Å². The summed E-state index contributed by atoms with van der Waals surface area (Å²) in [5, 5.41) is 14.5. The quantitative estimate of drug-likeness (QED) is 0.337. The first-order valence-corrected chi connectivity index (χ1v) is 12.1. The molecule has 0 saturated heterocycles. The standard InChI is InChI=1S/C27H25BrN2O5/c1-2-7-24(26(32)33)30-25(31)21-14-16(12-13-23(21)28)29-27(34)35-15-22-19-10-5-3-8-17(19)18-9-4-6-11-20(18)22/h3-6,8-14,22,24H,2,7,15H2,1H3,(H,29,34)(H,30,31)(H,32,33). The molecule has 2 amide bonds. The summed E-state index contributed by atoms with van der Waals surface area (Å²) >= 11 is 3.32. The summed E-state index contributed by atoms with van der Waals surface area (Å²) in [5.41, 5.74) is 5.09. The lowest BCUT2D eigenvalue weighted by Gasteiger charge is -2.16. The van der Waals surface area contributed by atoms with E-state index < -0.39 is 24.0 Å². The third-order valence-corrected chi connectivity index (χ3v) is 6.67. The highest BCUT2D eigenvalue weighted by Gasteiger charge is 2.29. The van der Waals surface area contributed by atoms with Crippen LogP contribution in [0.3, 0.4) is 0 Å². The van der Waals surface area contributed by atoms with Crippen LogP contribution in [0.1, 0.15) is 47.2 Å². The van der Waals surface area contributed by atoms with Gasteiger partial charge in [0.1, 0.15) is 12.6 Å². The molecule has 0 aliphatic heterocycles. The largest absolute Gasteiger partial charge is 0.480 e. The average Bonchev–Trinajstić information content (AvgIpc) is 3.17. The summed E-state index contributed by atoms with van der Waals surface area (Å²) in [6.07, 6.45) is 0.285. The maximum atomic E-state index is 12.7. The highest BCUT2D eigenvalue weighted by Crippen LogP contribution is 2.44. The number of ether oxygens (including phenoxy) is 1. The first-order chi connectivity index (χ1) is 16.9. The van der Waals surface area contributed by atoms with Crippen LogP contribution in [0.2, 0.25) is 0 Å². The van der Waals surface area contributed by atoms with Gasteiger partial charge >= 0.3 is 12.1 Å². The number of hydrogen-bond acceptors (Lipinski definition) is 4. The van der Waals surface area contributed by atoms with Crippen LogP contribution in [-0.2, 0) is 9.53 Å². The lowest BCUT2D eigenvalue weighted by Crippen LogP contribution is -2.40. The molecule has 3 aromatic carbocycles. The Morgan fingerprint density at radius 3 is 2.23 bits per heavy atom. The van der Waals surface area contributed by atoms with Crippen molar-refractivity contribution in [2.75, 3.05) is 11.9 Å². The molecule has 8 heteroatoms. The van der Waals surface area contributed by atoms with E-state index in [0.717, 1.165) is 22.3 Å². The van der Waals surface area contributed by atoms with Gasteiger partial charge in [0.25, 0.3) is 5.91 Å². The van der Waals surface area contributed by atoms with Gasteiger partial charge in [-0.25, -0.2) is 9.59 Å². The first-order valence-electron chi connectivity index (χ1n) is 11.3. The van der Waals surface area contributed by atoms with Crippen LogP contribution in [0, 0.1) is 0 Å². The molecule has 0 radical (unpaired) electrons. The predicted octanol–water partition coefficient (Wildman–Crippen LogP) is 5.79. The molecule has 7 nitrogen and oxygen atoms in total. The van der Waals surface area contributed by atoms with Crippen molar-refractivity contribution in [3.8, 4) is 11.1 Å². The second kappa shape index (κ2) is 10.7. The number of carboxylic acids is 1. The van der Waals surface area contributed by atoms with Crippen molar-refractivity contribution in [3.63, 3.8) is 0 Å². The van der Waals surface area contributed by atoms with E-state index >= 15 is 0 Å². The Kier molecular flexibility index (Phi) is 7.51. The van der Waals surface area contributed by atoms with Crippen molar-refractivity contribution in [1.29, 1.82) is 0 Å². The molecule has 3 N–H and O–H groups in total. The summed E-state index contributed by atoms with van der Waals surface area (Å²) in [7, 11) is 0. The SMILES string of the molecule is CCCC(NC(=O)c1cc(NC(=O)OCC2c3ccccc3-c3ccccc32)ccc1Br)C(=O)O. The van der Waals surface area contributed by atoms with Crippen LogP contribution in [-0.4, -0.2) is 35.7 Å². The number of carboxylic acid groups (broad SMARTS) is 1. The van der Waals surface area contributed by atoms with E-state index in [1.807, 2.05) is 43.3 Å². The van der Waals surface area contributed by atoms with Gasteiger partial charge in [0, 0.05) is 16.1 Å². The van der Waals surface area contributed by atoms with E-state index in [0.29, 0.717) is 23.0 Å². The number of aliphatic carboxylic acids is 1. The molecule has 1 atom stereocenters. The van der Waals surface area contributed by atoms with Gasteiger partial charge in [0.2, 0.25) is 0 Å². The first kappa shape index (κ1) is 24.5. The third kappa shape index (κ3) is 5.38. The van der Waals surface area contributed by atoms with Gasteiger partial charge in [-0.15, -0.1) is 0 Å². The van der Waals surface area contributed by atoms with Crippen molar-refractivity contribution in [2.45, 2.75) is 31.7 Å². The third-order valence-electron chi connectivity index (χ3n) is 5.98. The van der Waals surface area contributed by atoms with Crippen LogP contribution in [0.15, 0.2) is 71.2 Å². The minimum atomic E-state index is -1.09. The molecule has 0 spiro atoms. The minimum Gasteiger partial charge on any atom is -0.480 e. The summed E-state index contributed by atoms with van der Waals surface area (Å²) in [6.45, 7) is 2.01. The average molecular weight is 537 g/mol. The lowest BCUT2D eigenvalue weighted by atomic mass is 9.98. The molecule has 1 unspecified atom stereocenters. The smallest absolute Gasteiger partial charge is 0.411 e. The van der Waals surface area contributed by atoms with Crippen molar-refractivity contribution in [3.05, 3.63) is 87.9 Å². The molecule has 0 heterocycles. The van der Waals surface area contributed by atoms with E-state index in [-0.39, 0.29) is 18.1 Å². The Morgan fingerprint density at radius 1 is 1.00 bits per heavy atom. The Hall–Kier alpha value is -3.65. The summed E-state index contributed by atoms with van der Waals surface area (Å²) in [5.74, 6) is -1.70. The number of rotatable bonds is 8. The number of hydrogen-bond donors (Lipinski definition) is 3. The number of halogens is 1. The Morgan fingerprint density at radius 2 is 1.63 bits per heavy atom. The van der Waals surface area contributed by atoms with Gasteiger partial charge in [0.15, 0.2) is 0 Å². The predicted molar refractivity (Wildman–Crippen MR) is 137 cm³/mol. The van der Waals surface area contributed by atoms with Crippen molar-refractivity contribution in [2.24, 2.45) is 0 Å². The van der Waals surface area contributed by atoms with E-state index in [1.54, 1.807) is 12.1 Å². The van der Waals surface area contributed by atoms with Crippen LogP contribution in [0.4, 0.5) is 10.5 Å². The number of nitrogens with one attached hydrogen (secondary N) is 2. The van der Waals surface area contributed by atoms with Crippen LogP contribution in [0.25, 0.3) is 11.1 Å². The highest BCUT2D eigenvalue weighted by atomic mass is 79.9. The Balaban J connectivity index is 1.43. The molecular weight excluding hydrogens is 512 g/mol. The number of anilines is 1. The van der Waals surface area contributed by atoms with E-state index in [4.69, 9.17) is 4.74 Å². The van der Waals surface area contributed by atoms with Gasteiger partial charge in [-0.1, -0.05) is 61.9 Å². The number of benzene rings is 3. The molecule has 1 aliphatic carbocycles. The van der Waals surface area contributed by atoms with Gasteiger partial charge in [-0.3, -0.25) is 10.1 Å². The highest BCUT2D eigenvalue weighted by molar-refractivity contribution is 9.10. The molecule has 0 bridgehead atoms. The Bertz CT molecular complexity index is 1230. The summed E-state index contributed by atoms with van der Waals surface area (Å²) in [6, 6.07) is 19.9. The zero-order chi connectivity index (χ0) is 24.9. The van der Waals surface area contributed by atoms with Gasteiger partial charge < -0.3 is 15.2 Å². The van der Waals surface area contributed by atoms with E-state index in [2.05, 4.69) is 38.7 Å². The maximum Gasteiger partial charge on any atom is 0.411 e. The second-order valence-electron chi connectivity index (χ2n) is 8.30. The zero-order valence-electron chi connectivity index (χ0n) is 19.1. The molecular formula is C27H25BrN2O5. The van der Waals surface area contributed by atoms with Gasteiger partial charge in [0.05, 0.1) is 5.56 Å². The topological polar surface area (TPSA) is 105 Å². The molecule has 0 fully saturated rings. The van der Waals surface area contributed by atoms with Crippen LogP contribution < -0.4 is 10.6 Å². The summed E-state index contributed by atoms with van der Waals surface area (Å²) < 4.78 is 6.04. The summed E-state index contributed by atoms with van der Waals surface area (Å²) in [4.78, 5) is 36.7. The van der Waals surface area contributed by atoms with Gasteiger partial charge in [-0.2, -0.15) is 0 Å². The fourth-order valence-electron chi connectivity index (χ4n) is 4.31. The molecule has 0 saturated carbocycles. The maximum absolute atomic E-state index is 12.7. The molecule has 180 valence electrons.